The first-order valence-corrected chi connectivity index (χ1v) is 9.60. The predicted octanol–water partition coefficient (Wildman–Crippen LogP) is 4.85. The van der Waals surface area contributed by atoms with Crippen LogP contribution in [-0.2, 0) is 6.54 Å². The van der Waals surface area contributed by atoms with Gasteiger partial charge in [-0.25, -0.2) is 0 Å². The Labute approximate surface area is 146 Å². The van der Waals surface area contributed by atoms with Crippen molar-refractivity contribution < 1.29 is 4.74 Å². The third-order valence-electron chi connectivity index (χ3n) is 4.45. The summed E-state index contributed by atoms with van der Waals surface area (Å²) in [6.07, 6.45) is 0. The van der Waals surface area contributed by atoms with Gasteiger partial charge in [0.05, 0.1) is 12.1 Å². The van der Waals surface area contributed by atoms with E-state index in [1.807, 2.05) is 10.6 Å². The van der Waals surface area contributed by atoms with E-state index in [1.54, 1.807) is 28.7 Å². The summed E-state index contributed by atoms with van der Waals surface area (Å²) in [6.45, 7) is 1.13. The van der Waals surface area contributed by atoms with Crippen molar-refractivity contribution in [3.63, 3.8) is 0 Å². The Balaban J connectivity index is 1.97. The van der Waals surface area contributed by atoms with E-state index in [4.69, 9.17) is 4.74 Å². The maximum atomic E-state index is 12.4. The number of aromatic nitrogens is 1. The van der Waals surface area contributed by atoms with Crippen LogP contribution in [0.3, 0.4) is 0 Å². The quantitative estimate of drug-likeness (QED) is 0.517. The number of hydrogen-bond donors (Lipinski definition) is 0. The van der Waals surface area contributed by atoms with Crippen LogP contribution < -0.4 is 10.3 Å². The van der Waals surface area contributed by atoms with Gasteiger partial charge in [-0.1, -0.05) is 0 Å². The smallest absolute Gasteiger partial charge is 0.251 e. The summed E-state index contributed by atoms with van der Waals surface area (Å²) < 4.78 is 7.87. The Hall–Kier alpha value is -2.37. The highest BCUT2D eigenvalue weighted by Crippen LogP contribution is 2.43. The third-order valence-corrected chi connectivity index (χ3v) is 5.81. The minimum atomic E-state index is 0.0331. The van der Waals surface area contributed by atoms with Crippen LogP contribution in [0.2, 0.25) is 0 Å². The lowest BCUT2D eigenvalue weighted by atomic mass is 9.95. The standard InChI is InChI=1S/C19H13NO2S2/c21-17-2-1-14-15(12-3-7-23-10-12)9-16(13-4-8-24-11-13)19-18(14)20(17)5-6-22-19/h1-4,7-11H,5-6H2. The fourth-order valence-corrected chi connectivity index (χ4v) is 4.66. The number of hydrogen-bond acceptors (Lipinski definition) is 4. The molecule has 0 saturated heterocycles. The zero-order valence-corrected chi connectivity index (χ0v) is 14.3. The predicted molar refractivity (Wildman–Crippen MR) is 100 cm³/mol. The first-order valence-electron chi connectivity index (χ1n) is 7.71. The molecule has 0 saturated carbocycles. The van der Waals surface area contributed by atoms with Gasteiger partial charge in [0.25, 0.3) is 5.56 Å². The first-order chi connectivity index (χ1) is 11.8. The van der Waals surface area contributed by atoms with E-state index in [0.29, 0.717) is 13.2 Å². The summed E-state index contributed by atoms with van der Waals surface area (Å²) >= 11 is 3.35. The average Bonchev–Trinajstić information content (AvgIpc) is 3.31. The zero-order valence-electron chi connectivity index (χ0n) is 12.7. The highest BCUT2D eigenvalue weighted by Gasteiger charge is 2.22. The van der Waals surface area contributed by atoms with E-state index in [0.717, 1.165) is 33.3 Å². The van der Waals surface area contributed by atoms with Gasteiger partial charge in [-0.05, 0) is 62.5 Å². The van der Waals surface area contributed by atoms with Crippen molar-refractivity contribution in [3.05, 3.63) is 62.2 Å². The van der Waals surface area contributed by atoms with E-state index in [-0.39, 0.29) is 5.56 Å². The molecule has 0 bridgehead atoms. The number of rotatable bonds is 2. The van der Waals surface area contributed by atoms with Crippen LogP contribution in [0.25, 0.3) is 33.2 Å². The second kappa shape index (κ2) is 5.33. The monoisotopic (exact) mass is 351 g/mol. The summed E-state index contributed by atoms with van der Waals surface area (Å²) in [7, 11) is 0. The molecule has 5 rings (SSSR count). The highest BCUT2D eigenvalue weighted by atomic mass is 32.1. The van der Waals surface area contributed by atoms with Crippen LogP contribution in [0, 0.1) is 0 Å². The minimum absolute atomic E-state index is 0.0331. The topological polar surface area (TPSA) is 31.2 Å². The molecule has 0 atom stereocenters. The molecule has 3 nitrogen and oxygen atoms in total. The summed E-state index contributed by atoms with van der Waals surface area (Å²) in [5, 5.41) is 9.49. The normalized spacial score (nSPS) is 13.2. The van der Waals surface area contributed by atoms with Gasteiger partial charge < -0.3 is 9.30 Å². The number of nitrogens with zero attached hydrogens (tertiary/aromatic N) is 1. The Kier molecular flexibility index (Phi) is 3.11. The second-order valence-corrected chi connectivity index (χ2v) is 7.32. The number of pyridine rings is 1. The van der Waals surface area contributed by atoms with Crippen molar-refractivity contribution in [1.29, 1.82) is 0 Å². The van der Waals surface area contributed by atoms with E-state index in [1.165, 1.54) is 5.56 Å². The first kappa shape index (κ1) is 14.0. The molecule has 0 radical (unpaired) electrons. The molecule has 24 heavy (non-hydrogen) atoms. The molecule has 5 heteroatoms. The molecular formula is C19H13NO2S2. The maximum absolute atomic E-state index is 12.4. The average molecular weight is 351 g/mol. The molecule has 3 aromatic heterocycles. The molecule has 4 heterocycles. The molecule has 0 aliphatic carbocycles. The Morgan fingerprint density at radius 1 is 0.958 bits per heavy atom. The van der Waals surface area contributed by atoms with E-state index >= 15 is 0 Å². The van der Waals surface area contributed by atoms with Gasteiger partial charge in [0.1, 0.15) is 6.61 Å². The van der Waals surface area contributed by atoms with Gasteiger partial charge in [0.15, 0.2) is 5.75 Å². The lowest BCUT2D eigenvalue weighted by molar-refractivity contribution is 0.285. The molecule has 1 aliphatic rings. The van der Waals surface area contributed by atoms with Crippen LogP contribution >= 0.6 is 22.7 Å². The second-order valence-electron chi connectivity index (χ2n) is 5.76. The van der Waals surface area contributed by atoms with Gasteiger partial charge in [0, 0.05) is 17.0 Å². The van der Waals surface area contributed by atoms with Crippen LogP contribution in [0.15, 0.2) is 56.6 Å². The molecule has 0 amide bonds. The largest absolute Gasteiger partial charge is 0.489 e. The van der Waals surface area contributed by atoms with Crippen molar-refractivity contribution in [1.82, 2.24) is 4.57 Å². The van der Waals surface area contributed by atoms with Crippen molar-refractivity contribution in [3.8, 4) is 28.0 Å². The van der Waals surface area contributed by atoms with Gasteiger partial charge in [-0.3, -0.25) is 4.79 Å². The fourth-order valence-electron chi connectivity index (χ4n) is 3.35. The highest BCUT2D eigenvalue weighted by molar-refractivity contribution is 7.08. The molecule has 0 unspecified atom stereocenters. The van der Waals surface area contributed by atoms with Crippen LogP contribution in [-0.4, -0.2) is 11.2 Å². The summed E-state index contributed by atoms with van der Waals surface area (Å²) in [5.41, 5.74) is 5.47. The number of benzene rings is 1. The van der Waals surface area contributed by atoms with Crippen molar-refractivity contribution in [2.24, 2.45) is 0 Å². The summed E-state index contributed by atoms with van der Waals surface area (Å²) in [4.78, 5) is 12.4. The van der Waals surface area contributed by atoms with Crippen molar-refractivity contribution >= 4 is 33.6 Å². The minimum Gasteiger partial charge on any atom is -0.489 e. The lowest BCUT2D eigenvalue weighted by Crippen LogP contribution is -2.26. The van der Waals surface area contributed by atoms with Crippen LogP contribution in [0.4, 0.5) is 0 Å². The number of thiophene rings is 2. The molecule has 0 N–H and O–H groups in total. The molecule has 1 aromatic carbocycles. The Morgan fingerprint density at radius 3 is 2.42 bits per heavy atom. The molecule has 4 aromatic rings. The molecular weight excluding hydrogens is 338 g/mol. The molecule has 0 fully saturated rings. The fraction of sp³-hybridized carbons (Fsp3) is 0.105. The zero-order chi connectivity index (χ0) is 16.1. The van der Waals surface area contributed by atoms with Crippen LogP contribution in [0.1, 0.15) is 0 Å². The van der Waals surface area contributed by atoms with E-state index in [2.05, 4.69) is 39.7 Å². The molecule has 1 aliphatic heterocycles. The van der Waals surface area contributed by atoms with Crippen molar-refractivity contribution in [2.75, 3.05) is 6.61 Å². The Morgan fingerprint density at radius 2 is 1.71 bits per heavy atom. The van der Waals surface area contributed by atoms with E-state index in [9.17, 15) is 4.79 Å². The Bertz CT molecular complexity index is 1090. The third kappa shape index (κ3) is 1.98. The number of ether oxygens (including phenoxy) is 1. The van der Waals surface area contributed by atoms with Gasteiger partial charge in [0.2, 0.25) is 0 Å². The summed E-state index contributed by atoms with van der Waals surface area (Å²) in [6, 6.07) is 10.0. The van der Waals surface area contributed by atoms with Gasteiger partial charge in [-0.15, -0.1) is 0 Å². The maximum Gasteiger partial charge on any atom is 0.251 e. The van der Waals surface area contributed by atoms with Crippen LogP contribution in [0.5, 0.6) is 5.75 Å². The van der Waals surface area contributed by atoms with Gasteiger partial charge in [-0.2, -0.15) is 22.7 Å². The molecule has 0 spiro atoms. The summed E-state index contributed by atoms with van der Waals surface area (Å²) in [5.74, 6) is 0.825. The van der Waals surface area contributed by atoms with Gasteiger partial charge >= 0.3 is 0 Å². The molecule has 118 valence electrons. The SMILES string of the molecule is O=c1ccc2c(-c3ccsc3)cc(-c3ccsc3)c3c2n1CCO3. The van der Waals surface area contributed by atoms with Crippen molar-refractivity contribution in [2.45, 2.75) is 6.54 Å². The lowest BCUT2D eigenvalue weighted by Gasteiger charge is -2.24. The van der Waals surface area contributed by atoms with E-state index < -0.39 is 0 Å².